The average molecular weight is 318 g/mol. The van der Waals surface area contributed by atoms with Crippen LogP contribution in [0.3, 0.4) is 0 Å². The van der Waals surface area contributed by atoms with Crippen molar-refractivity contribution < 1.29 is 14.3 Å². The van der Waals surface area contributed by atoms with Gasteiger partial charge in [-0.15, -0.1) is 0 Å². The van der Waals surface area contributed by atoms with Crippen LogP contribution in [-0.2, 0) is 11.4 Å². The Kier molecular flexibility index (Phi) is 6.47. The Hall–Kier alpha value is -2.01. The zero-order valence-corrected chi connectivity index (χ0v) is 14.2. The van der Waals surface area contributed by atoms with Crippen molar-refractivity contribution in [2.75, 3.05) is 20.3 Å². The van der Waals surface area contributed by atoms with Crippen LogP contribution in [-0.4, -0.2) is 32.1 Å². The van der Waals surface area contributed by atoms with E-state index in [1.54, 1.807) is 7.11 Å². The second-order valence-corrected chi connectivity index (χ2v) is 5.77. The van der Waals surface area contributed by atoms with E-state index in [2.05, 4.69) is 24.0 Å². The molecule has 0 bridgehead atoms. The maximum Gasteiger partial charge on any atom is 0.166 e. The number of hydrogen-bond donors (Lipinski definition) is 1. The molecule has 1 aliphatic rings. The molecule has 1 aliphatic heterocycles. The first-order valence-corrected chi connectivity index (χ1v) is 7.99. The number of nitrogens with zero attached hydrogens (tertiary/aromatic N) is 1. The van der Waals surface area contributed by atoms with Crippen LogP contribution in [0.15, 0.2) is 35.5 Å². The summed E-state index contributed by atoms with van der Waals surface area (Å²) < 4.78 is 11.3. The molecule has 0 radical (unpaired) electrons. The zero-order valence-electron chi connectivity index (χ0n) is 14.2. The van der Waals surface area contributed by atoms with Gasteiger partial charge in [0, 0.05) is 25.1 Å². The lowest BCUT2D eigenvalue weighted by Gasteiger charge is -2.16. The first-order chi connectivity index (χ1) is 11.1. The summed E-state index contributed by atoms with van der Waals surface area (Å²) in [5.74, 6) is 1.50. The Morgan fingerprint density at radius 3 is 2.96 bits per heavy atom. The van der Waals surface area contributed by atoms with Crippen LogP contribution in [0.4, 0.5) is 0 Å². The lowest BCUT2D eigenvalue weighted by molar-refractivity contribution is 0.0847. The summed E-state index contributed by atoms with van der Waals surface area (Å²) in [5, 5.41) is 7.49. The molecule has 23 heavy (non-hydrogen) atoms. The van der Waals surface area contributed by atoms with Gasteiger partial charge >= 0.3 is 0 Å². The van der Waals surface area contributed by atoms with Crippen LogP contribution < -0.4 is 14.8 Å². The summed E-state index contributed by atoms with van der Waals surface area (Å²) in [6, 6.07) is 5.90. The van der Waals surface area contributed by atoms with E-state index in [1.165, 1.54) is 0 Å². The van der Waals surface area contributed by atoms with E-state index in [4.69, 9.17) is 14.3 Å². The number of nitrogens with one attached hydrogen (secondary N) is 1. The Balaban J connectivity index is 1.92. The first kappa shape index (κ1) is 17.3. The van der Waals surface area contributed by atoms with Crippen molar-refractivity contribution >= 4 is 5.71 Å². The fraction of sp³-hybridized carbons (Fsp3) is 0.500. The monoisotopic (exact) mass is 318 g/mol. The van der Waals surface area contributed by atoms with E-state index in [9.17, 15) is 0 Å². The molecule has 0 aliphatic carbocycles. The van der Waals surface area contributed by atoms with Gasteiger partial charge in [-0.2, -0.15) is 0 Å². The normalized spacial score (nSPS) is 16.7. The quantitative estimate of drug-likeness (QED) is 0.710. The molecule has 5 heteroatoms. The molecule has 1 aromatic rings. The van der Waals surface area contributed by atoms with Crippen molar-refractivity contribution in [2.45, 2.75) is 39.3 Å². The molecular weight excluding hydrogens is 292 g/mol. The van der Waals surface area contributed by atoms with Gasteiger partial charge in [0.25, 0.3) is 0 Å². The van der Waals surface area contributed by atoms with Crippen LogP contribution in [0.1, 0.15) is 32.3 Å². The highest BCUT2D eigenvalue weighted by molar-refractivity contribution is 5.85. The van der Waals surface area contributed by atoms with E-state index in [0.717, 1.165) is 47.7 Å². The molecule has 5 nitrogen and oxygen atoms in total. The van der Waals surface area contributed by atoms with Gasteiger partial charge in [0.2, 0.25) is 0 Å². The topological polar surface area (TPSA) is 52.1 Å². The van der Waals surface area contributed by atoms with Crippen molar-refractivity contribution in [3.05, 3.63) is 35.9 Å². The Morgan fingerprint density at radius 1 is 1.48 bits per heavy atom. The largest absolute Gasteiger partial charge is 0.493 e. The number of rotatable bonds is 9. The van der Waals surface area contributed by atoms with Gasteiger partial charge in [-0.25, -0.2) is 0 Å². The number of ether oxygens (including phenoxy) is 2. The summed E-state index contributed by atoms with van der Waals surface area (Å²) in [6.45, 7) is 9.83. The third-order valence-corrected chi connectivity index (χ3v) is 3.63. The summed E-state index contributed by atoms with van der Waals surface area (Å²) in [4.78, 5) is 5.41. The summed E-state index contributed by atoms with van der Waals surface area (Å²) in [6.07, 6.45) is 1.97. The lowest BCUT2D eigenvalue weighted by atomic mass is 10.1. The highest BCUT2D eigenvalue weighted by Gasteiger charge is 2.19. The molecule has 0 saturated heterocycles. The van der Waals surface area contributed by atoms with E-state index in [1.807, 2.05) is 25.1 Å². The highest BCUT2D eigenvalue weighted by atomic mass is 16.6. The van der Waals surface area contributed by atoms with Gasteiger partial charge in [0.15, 0.2) is 11.5 Å². The predicted octanol–water partition coefficient (Wildman–Crippen LogP) is 3.29. The van der Waals surface area contributed by atoms with Crippen LogP contribution in [0.5, 0.6) is 11.5 Å². The summed E-state index contributed by atoms with van der Waals surface area (Å²) in [5.41, 5.74) is 3.15. The molecule has 0 fully saturated rings. The van der Waals surface area contributed by atoms with Crippen molar-refractivity contribution in [3.63, 3.8) is 0 Å². The van der Waals surface area contributed by atoms with Gasteiger partial charge in [0.05, 0.1) is 12.8 Å². The average Bonchev–Trinajstić information content (AvgIpc) is 3.01. The Bertz CT molecular complexity index is 569. The molecule has 2 rings (SSSR count). The fourth-order valence-corrected chi connectivity index (χ4v) is 2.39. The second-order valence-electron chi connectivity index (χ2n) is 5.77. The van der Waals surface area contributed by atoms with Gasteiger partial charge < -0.3 is 19.6 Å². The molecule has 1 atom stereocenters. The minimum absolute atomic E-state index is 0.121. The third kappa shape index (κ3) is 4.99. The highest BCUT2D eigenvalue weighted by Crippen LogP contribution is 2.31. The molecule has 1 N–H and O–H groups in total. The van der Waals surface area contributed by atoms with E-state index in [-0.39, 0.29) is 6.10 Å². The van der Waals surface area contributed by atoms with Gasteiger partial charge in [0.1, 0.15) is 12.7 Å². The predicted molar refractivity (Wildman–Crippen MR) is 92.2 cm³/mol. The third-order valence-electron chi connectivity index (χ3n) is 3.63. The molecule has 0 aromatic heterocycles. The van der Waals surface area contributed by atoms with Crippen molar-refractivity contribution in [2.24, 2.45) is 5.16 Å². The van der Waals surface area contributed by atoms with E-state index in [0.29, 0.717) is 13.2 Å². The van der Waals surface area contributed by atoms with Gasteiger partial charge in [-0.3, -0.25) is 0 Å². The summed E-state index contributed by atoms with van der Waals surface area (Å²) in [7, 11) is 1.65. The molecule has 1 heterocycles. The van der Waals surface area contributed by atoms with Crippen LogP contribution in [0.2, 0.25) is 0 Å². The molecule has 0 unspecified atom stereocenters. The lowest BCUT2D eigenvalue weighted by Crippen LogP contribution is -2.26. The second kappa shape index (κ2) is 8.58. The van der Waals surface area contributed by atoms with E-state index >= 15 is 0 Å². The smallest absolute Gasteiger partial charge is 0.166 e. The number of hydrogen-bond acceptors (Lipinski definition) is 5. The molecule has 0 spiro atoms. The molecule has 0 saturated carbocycles. The Morgan fingerprint density at radius 2 is 2.30 bits per heavy atom. The number of benzene rings is 1. The SMILES string of the molecule is C=C(C)COc1c(CNC[C@@H]2CC(CC)=NO2)cccc1OC. The van der Waals surface area contributed by atoms with Crippen LogP contribution in [0, 0.1) is 0 Å². The van der Waals surface area contributed by atoms with E-state index < -0.39 is 0 Å². The number of oxime groups is 1. The summed E-state index contributed by atoms with van der Waals surface area (Å²) >= 11 is 0. The molecule has 0 amide bonds. The van der Waals surface area contributed by atoms with Crippen molar-refractivity contribution in [3.8, 4) is 11.5 Å². The van der Waals surface area contributed by atoms with Gasteiger partial charge in [-0.05, 0) is 25.0 Å². The minimum atomic E-state index is 0.121. The molecule has 126 valence electrons. The maximum atomic E-state index is 5.86. The van der Waals surface area contributed by atoms with Crippen molar-refractivity contribution in [1.29, 1.82) is 0 Å². The number of methoxy groups -OCH3 is 1. The zero-order chi connectivity index (χ0) is 16.7. The van der Waals surface area contributed by atoms with Crippen LogP contribution >= 0.6 is 0 Å². The minimum Gasteiger partial charge on any atom is -0.493 e. The van der Waals surface area contributed by atoms with Gasteiger partial charge in [-0.1, -0.05) is 30.8 Å². The molecular formula is C18H26N2O3. The fourth-order valence-electron chi connectivity index (χ4n) is 2.39. The van der Waals surface area contributed by atoms with Crippen molar-refractivity contribution in [1.82, 2.24) is 5.32 Å². The first-order valence-electron chi connectivity index (χ1n) is 7.99. The maximum absolute atomic E-state index is 5.86. The standard InChI is InChI=1S/C18H26N2O3/c1-5-15-9-16(23-20-15)11-19-10-14-7-6-8-17(21-4)18(14)22-12-13(2)3/h6-8,16,19H,2,5,9-12H2,1,3-4H3/t16-/m0/s1. The number of para-hydroxylation sites is 1. The Labute approximate surface area is 138 Å². The molecule has 1 aromatic carbocycles. The van der Waals surface area contributed by atoms with Crippen LogP contribution in [0.25, 0.3) is 0 Å².